The van der Waals surface area contributed by atoms with Gasteiger partial charge in [0.1, 0.15) is 7.11 Å². The molecule has 1 rings (SSSR count). The summed E-state index contributed by atoms with van der Waals surface area (Å²) < 4.78 is 4.81. The maximum Gasteiger partial charge on any atom is 0.361 e. The van der Waals surface area contributed by atoms with Crippen LogP contribution in [0.15, 0.2) is 29.4 Å². The predicted octanol–water partition coefficient (Wildman–Crippen LogP) is 1.51. The fourth-order valence-corrected chi connectivity index (χ4v) is 1.24. The number of nitro benzene ring substituents is 1. The molecule has 96 valence electrons. The Bertz CT molecular complexity index is 467. The first-order valence-electron chi connectivity index (χ1n) is 5.13. The molecule has 1 aromatic carbocycles. The lowest BCUT2D eigenvalue weighted by molar-refractivity contribution is -0.384. The molecule has 0 fully saturated rings. The van der Waals surface area contributed by atoms with Crippen molar-refractivity contribution < 1.29 is 19.3 Å². The van der Waals surface area contributed by atoms with Gasteiger partial charge in [-0.05, 0) is 19.1 Å². The summed E-state index contributed by atoms with van der Waals surface area (Å²) in [5.74, 6) is -0.645. The summed E-state index contributed by atoms with van der Waals surface area (Å²) in [6, 6.07) is 5.37. The lowest BCUT2D eigenvalue weighted by Gasteiger charge is -2.04. The highest BCUT2D eigenvalue weighted by molar-refractivity contribution is 6.43. The van der Waals surface area contributed by atoms with Crippen molar-refractivity contribution in [3.63, 3.8) is 0 Å². The smallest absolute Gasteiger partial charge is 0.361 e. The molecule has 0 saturated carbocycles. The fourth-order valence-electron chi connectivity index (χ4n) is 1.24. The van der Waals surface area contributed by atoms with E-state index in [1.165, 1.54) is 31.4 Å². The third-order valence-corrected chi connectivity index (χ3v) is 2.00. The van der Waals surface area contributed by atoms with E-state index >= 15 is 0 Å². The molecule has 7 heteroatoms. The minimum absolute atomic E-state index is 0.0331. The van der Waals surface area contributed by atoms with Crippen LogP contribution in [0.3, 0.4) is 0 Å². The number of oxime groups is 1. The van der Waals surface area contributed by atoms with Gasteiger partial charge in [-0.15, -0.1) is 0 Å². The molecule has 18 heavy (non-hydrogen) atoms. The summed E-state index contributed by atoms with van der Waals surface area (Å²) >= 11 is 0. The highest BCUT2D eigenvalue weighted by atomic mass is 16.6. The first-order valence-corrected chi connectivity index (χ1v) is 5.13. The maximum atomic E-state index is 11.6. The van der Waals surface area contributed by atoms with Crippen molar-refractivity contribution in [2.24, 2.45) is 5.16 Å². The summed E-state index contributed by atoms with van der Waals surface area (Å²) in [6.45, 7) is 1.87. The van der Waals surface area contributed by atoms with E-state index in [2.05, 4.69) is 9.99 Å². The van der Waals surface area contributed by atoms with Crippen LogP contribution in [0.5, 0.6) is 0 Å². The third-order valence-electron chi connectivity index (χ3n) is 2.00. The highest BCUT2D eigenvalue weighted by Crippen LogP contribution is 2.13. The average Bonchev–Trinajstić information content (AvgIpc) is 2.36. The van der Waals surface area contributed by atoms with Crippen LogP contribution in [0.4, 0.5) is 5.69 Å². The summed E-state index contributed by atoms with van der Waals surface area (Å²) in [5, 5.41) is 14.1. The predicted molar refractivity (Wildman–Crippen MR) is 63.3 cm³/mol. The van der Waals surface area contributed by atoms with Gasteiger partial charge in [-0.25, -0.2) is 4.79 Å². The molecular formula is C11H12N2O5. The average molecular weight is 252 g/mol. The van der Waals surface area contributed by atoms with Gasteiger partial charge >= 0.3 is 5.97 Å². The Labute approximate surface area is 103 Å². The van der Waals surface area contributed by atoms with Crippen molar-refractivity contribution in [3.05, 3.63) is 39.9 Å². The Morgan fingerprint density at radius 1 is 1.39 bits per heavy atom. The number of esters is 1. The number of benzene rings is 1. The molecule has 0 amide bonds. The van der Waals surface area contributed by atoms with Crippen LogP contribution in [0.2, 0.25) is 0 Å². The normalized spacial score (nSPS) is 10.9. The van der Waals surface area contributed by atoms with E-state index in [1.807, 2.05) is 0 Å². The van der Waals surface area contributed by atoms with Gasteiger partial charge in [0.05, 0.1) is 11.5 Å². The SMILES string of the molecule is CCOC(=O)/C(=N/OC)c1ccc([N+](=O)[O-])cc1. The number of carbonyl (C=O) groups is 1. The van der Waals surface area contributed by atoms with Gasteiger partial charge in [0.2, 0.25) is 0 Å². The van der Waals surface area contributed by atoms with E-state index in [1.54, 1.807) is 6.92 Å². The van der Waals surface area contributed by atoms with Crippen molar-refractivity contribution >= 4 is 17.4 Å². The van der Waals surface area contributed by atoms with E-state index in [-0.39, 0.29) is 18.0 Å². The van der Waals surface area contributed by atoms with Crippen LogP contribution in [-0.4, -0.2) is 30.3 Å². The molecule has 1 aromatic rings. The number of rotatable bonds is 5. The molecule has 0 aliphatic rings. The molecule has 0 radical (unpaired) electrons. The Balaban J connectivity index is 3.04. The molecule has 0 unspecified atom stereocenters. The molecule has 0 bridgehead atoms. The first kappa shape index (κ1) is 13.6. The van der Waals surface area contributed by atoms with Crippen LogP contribution in [0, 0.1) is 10.1 Å². The molecule has 0 saturated heterocycles. The lowest BCUT2D eigenvalue weighted by Crippen LogP contribution is -2.19. The molecule has 0 heterocycles. The van der Waals surface area contributed by atoms with Crippen molar-refractivity contribution in [2.75, 3.05) is 13.7 Å². The summed E-state index contributed by atoms with van der Waals surface area (Å²) in [6.07, 6.45) is 0. The second-order valence-electron chi connectivity index (χ2n) is 3.15. The van der Waals surface area contributed by atoms with Crippen LogP contribution >= 0.6 is 0 Å². The molecule has 0 aromatic heterocycles. The van der Waals surface area contributed by atoms with E-state index in [0.717, 1.165) is 0 Å². The Morgan fingerprint density at radius 3 is 2.44 bits per heavy atom. The molecular weight excluding hydrogens is 240 g/mol. The number of nitro groups is 1. The lowest BCUT2D eigenvalue weighted by atomic mass is 10.1. The van der Waals surface area contributed by atoms with E-state index in [9.17, 15) is 14.9 Å². The number of ether oxygens (including phenoxy) is 1. The van der Waals surface area contributed by atoms with Crippen molar-refractivity contribution in [1.82, 2.24) is 0 Å². The van der Waals surface area contributed by atoms with Crippen molar-refractivity contribution in [3.8, 4) is 0 Å². The number of nitrogens with zero attached hydrogens (tertiary/aromatic N) is 2. The largest absolute Gasteiger partial charge is 0.461 e. The standard InChI is InChI=1S/C11H12N2O5/c1-3-18-11(14)10(12-17-2)8-4-6-9(7-5-8)13(15)16/h4-7H,3H2,1-2H3/b12-10+. The Kier molecular flexibility index (Phi) is 4.79. The van der Waals surface area contributed by atoms with Gasteiger partial charge in [0.15, 0.2) is 5.71 Å². The number of hydrogen-bond acceptors (Lipinski definition) is 6. The zero-order valence-corrected chi connectivity index (χ0v) is 9.95. The summed E-state index contributed by atoms with van der Waals surface area (Å²) in [5.41, 5.74) is 0.287. The monoisotopic (exact) mass is 252 g/mol. The molecule has 0 spiro atoms. The zero-order valence-electron chi connectivity index (χ0n) is 9.95. The second-order valence-corrected chi connectivity index (χ2v) is 3.15. The number of hydrogen-bond donors (Lipinski definition) is 0. The van der Waals surface area contributed by atoms with Crippen LogP contribution in [0.25, 0.3) is 0 Å². The van der Waals surface area contributed by atoms with Crippen molar-refractivity contribution in [2.45, 2.75) is 6.92 Å². The van der Waals surface area contributed by atoms with E-state index in [0.29, 0.717) is 5.56 Å². The first-order chi connectivity index (χ1) is 8.60. The zero-order chi connectivity index (χ0) is 13.5. The number of carbonyl (C=O) groups excluding carboxylic acids is 1. The minimum atomic E-state index is -0.645. The van der Waals surface area contributed by atoms with Gasteiger partial charge in [-0.2, -0.15) is 0 Å². The van der Waals surface area contributed by atoms with E-state index in [4.69, 9.17) is 4.74 Å². The van der Waals surface area contributed by atoms with Gasteiger partial charge < -0.3 is 9.57 Å². The second kappa shape index (κ2) is 6.33. The summed E-state index contributed by atoms with van der Waals surface area (Å²) in [7, 11) is 1.30. The highest BCUT2D eigenvalue weighted by Gasteiger charge is 2.17. The van der Waals surface area contributed by atoms with Crippen LogP contribution < -0.4 is 0 Å². The van der Waals surface area contributed by atoms with Crippen molar-refractivity contribution in [1.29, 1.82) is 0 Å². The molecule has 0 aliphatic heterocycles. The minimum Gasteiger partial charge on any atom is -0.461 e. The van der Waals surface area contributed by atoms with Gasteiger partial charge in [-0.3, -0.25) is 10.1 Å². The van der Waals surface area contributed by atoms with Gasteiger partial charge in [0.25, 0.3) is 5.69 Å². The van der Waals surface area contributed by atoms with Crippen LogP contribution in [0.1, 0.15) is 12.5 Å². The number of non-ortho nitro benzene ring substituents is 1. The molecule has 7 nitrogen and oxygen atoms in total. The maximum absolute atomic E-state index is 11.6. The molecule has 0 N–H and O–H groups in total. The Hall–Kier alpha value is -2.44. The van der Waals surface area contributed by atoms with Crippen LogP contribution in [-0.2, 0) is 14.4 Å². The van der Waals surface area contributed by atoms with Gasteiger partial charge in [0, 0.05) is 17.7 Å². The third kappa shape index (κ3) is 3.27. The topological polar surface area (TPSA) is 91.0 Å². The van der Waals surface area contributed by atoms with E-state index < -0.39 is 10.9 Å². The summed E-state index contributed by atoms with van der Waals surface area (Å²) in [4.78, 5) is 26.1. The molecule has 0 aliphatic carbocycles. The molecule has 0 atom stereocenters. The van der Waals surface area contributed by atoms with Gasteiger partial charge in [-0.1, -0.05) is 5.16 Å². The fraction of sp³-hybridized carbons (Fsp3) is 0.273. The Morgan fingerprint density at radius 2 is 2.00 bits per heavy atom. The quantitative estimate of drug-likeness (QED) is 0.343.